The monoisotopic (exact) mass is 796 g/mol. The molecular weight excluding hydrogens is 749 g/mol. The number of aromatic amines is 2. The van der Waals surface area contributed by atoms with Crippen LogP contribution in [0, 0.1) is 11.8 Å². The molecule has 6 heterocycles. The van der Waals surface area contributed by atoms with Gasteiger partial charge in [0.05, 0.1) is 41.2 Å². The molecule has 4 aromatic heterocycles. The smallest absolute Gasteiger partial charge is 0.295 e. The fraction of sp³-hybridized carbons (Fsp3) is 0.364. The number of nitrogens with one attached hydrogen (secondary N) is 4. The van der Waals surface area contributed by atoms with Gasteiger partial charge in [0, 0.05) is 30.2 Å². The standard InChI is InChI=1S/C44H48N10O3S/c1-25(2)37(51-43-45-15-19-57-43)41(55)53-17-5-7-35(53)39-47-24-34(50-39)31-12-11-27-21-28(9-10-29(27)22-31)30-13-14-32-33(23-30)49-40(48-32)36-8-6-18-54(36)42(56)38(26(3)4)52-44-46-16-20-58-44/h9-16,19-26,35-38H,5-8,17-18H2,1-4H3,(H,45,51)(H,46,52)(H,47,50)(H,48,49). The lowest BCUT2D eigenvalue weighted by atomic mass is 9.99. The van der Waals surface area contributed by atoms with E-state index < -0.39 is 6.04 Å². The first-order valence-electron chi connectivity index (χ1n) is 20.2. The maximum Gasteiger partial charge on any atom is 0.295 e. The minimum atomic E-state index is -0.460. The van der Waals surface area contributed by atoms with E-state index in [1.54, 1.807) is 12.4 Å². The Balaban J connectivity index is 0.905. The Bertz CT molecular complexity index is 2540. The zero-order chi connectivity index (χ0) is 39.9. The number of carbonyl (C=O) groups excluding carboxylic acids is 2. The molecule has 3 aromatic carbocycles. The molecule has 0 spiro atoms. The average Bonchev–Trinajstić information content (AvgIpc) is 4.08. The summed E-state index contributed by atoms with van der Waals surface area (Å²) in [6.45, 7) is 9.56. The van der Waals surface area contributed by atoms with E-state index in [4.69, 9.17) is 14.4 Å². The largest absolute Gasteiger partial charge is 0.432 e. The van der Waals surface area contributed by atoms with Gasteiger partial charge in [-0.3, -0.25) is 9.59 Å². The second-order valence-electron chi connectivity index (χ2n) is 16.1. The maximum atomic E-state index is 13.9. The Morgan fingerprint density at radius 1 is 0.759 bits per heavy atom. The van der Waals surface area contributed by atoms with Crippen molar-refractivity contribution >= 4 is 56.1 Å². The van der Waals surface area contributed by atoms with Crippen LogP contribution in [-0.2, 0) is 9.59 Å². The first-order valence-corrected chi connectivity index (χ1v) is 21.1. The number of hydrogen-bond donors (Lipinski definition) is 4. The Morgan fingerprint density at radius 2 is 1.41 bits per heavy atom. The van der Waals surface area contributed by atoms with Crippen molar-refractivity contribution in [2.24, 2.45) is 11.8 Å². The number of carbonyl (C=O) groups is 2. The second kappa shape index (κ2) is 15.7. The van der Waals surface area contributed by atoms with Gasteiger partial charge in [-0.05, 0) is 83.7 Å². The third-order valence-corrected chi connectivity index (χ3v) is 12.3. The van der Waals surface area contributed by atoms with Crippen molar-refractivity contribution in [3.05, 3.63) is 96.5 Å². The number of nitrogens with zero attached hydrogens (tertiary/aromatic N) is 6. The lowest BCUT2D eigenvalue weighted by Crippen LogP contribution is -2.45. The lowest BCUT2D eigenvalue weighted by molar-refractivity contribution is -0.134. The highest BCUT2D eigenvalue weighted by Gasteiger charge is 2.38. The van der Waals surface area contributed by atoms with Crippen molar-refractivity contribution in [1.29, 1.82) is 0 Å². The Kier molecular flexibility index (Phi) is 10.2. The number of hydrogen-bond acceptors (Lipinski definition) is 10. The zero-order valence-corrected chi connectivity index (χ0v) is 33.9. The predicted molar refractivity (Wildman–Crippen MR) is 227 cm³/mol. The number of imidazole rings is 2. The molecule has 9 rings (SSSR count). The van der Waals surface area contributed by atoms with Gasteiger partial charge in [0.15, 0.2) is 5.13 Å². The number of benzene rings is 3. The number of aromatic nitrogens is 6. The van der Waals surface area contributed by atoms with Crippen LogP contribution in [0.3, 0.4) is 0 Å². The Morgan fingerprint density at radius 3 is 2.09 bits per heavy atom. The fourth-order valence-electron chi connectivity index (χ4n) is 8.48. The van der Waals surface area contributed by atoms with E-state index in [9.17, 15) is 9.59 Å². The predicted octanol–water partition coefficient (Wildman–Crippen LogP) is 8.82. The van der Waals surface area contributed by atoms with E-state index in [1.165, 1.54) is 17.6 Å². The van der Waals surface area contributed by atoms with E-state index in [1.807, 2.05) is 35.2 Å². The number of H-pyrrole nitrogens is 2. The molecule has 2 aliphatic heterocycles. The van der Waals surface area contributed by atoms with Gasteiger partial charge in [0.2, 0.25) is 11.8 Å². The van der Waals surface area contributed by atoms with Gasteiger partial charge in [0.1, 0.15) is 30.0 Å². The molecule has 0 saturated carbocycles. The molecular formula is C44H48N10O3S. The van der Waals surface area contributed by atoms with Crippen LogP contribution in [0.15, 0.2) is 89.2 Å². The molecule has 4 N–H and O–H groups in total. The number of fused-ring (bicyclic) bond motifs is 2. The molecule has 4 unspecified atom stereocenters. The number of likely N-dealkylation sites (tertiary alicyclic amines) is 2. The molecule has 13 nitrogen and oxygen atoms in total. The van der Waals surface area contributed by atoms with E-state index in [-0.39, 0.29) is 41.8 Å². The number of rotatable bonds is 12. The van der Waals surface area contributed by atoms with Gasteiger partial charge in [-0.15, -0.1) is 11.3 Å². The van der Waals surface area contributed by atoms with Crippen molar-refractivity contribution < 1.29 is 14.0 Å². The van der Waals surface area contributed by atoms with Crippen LogP contribution in [0.25, 0.3) is 44.2 Å². The molecule has 0 radical (unpaired) electrons. The zero-order valence-electron chi connectivity index (χ0n) is 33.1. The minimum Gasteiger partial charge on any atom is -0.432 e. The maximum absolute atomic E-state index is 13.9. The summed E-state index contributed by atoms with van der Waals surface area (Å²) in [5, 5.41) is 11.5. The topological polar surface area (TPSA) is 161 Å². The summed E-state index contributed by atoms with van der Waals surface area (Å²) in [6.07, 6.45) is 10.2. The van der Waals surface area contributed by atoms with E-state index in [0.717, 1.165) is 86.7 Å². The lowest BCUT2D eigenvalue weighted by Gasteiger charge is -2.30. The van der Waals surface area contributed by atoms with Crippen LogP contribution < -0.4 is 10.6 Å². The number of amides is 2. The summed E-state index contributed by atoms with van der Waals surface area (Å²) in [5.74, 6) is 1.87. The third-order valence-electron chi connectivity index (χ3n) is 11.6. The molecule has 2 fully saturated rings. The molecule has 0 aliphatic carbocycles. The molecule has 58 heavy (non-hydrogen) atoms. The SMILES string of the molecule is CC(C)C(Nc1ncco1)C(=O)N1CCCC1c1ncc(-c2ccc3cc(-c4ccc5nc(C6CCCN6C(=O)C(Nc6nccs6)C(C)C)[nH]c5c4)ccc3c2)[nH]1. The van der Waals surface area contributed by atoms with Gasteiger partial charge in [-0.25, -0.2) is 19.9 Å². The van der Waals surface area contributed by atoms with Crippen LogP contribution in [0.2, 0.25) is 0 Å². The summed E-state index contributed by atoms with van der Waals surface area (Å²) in [7, 11) is 0. The highest BCUT2D eigenvalue weighted by atomic mass is 32.1. The van der Waals surface area contributed by atoms with Crippen LogP contribution in [0.4, 0.5) is 11.1 Å². The molecule has 298 valence electrons. The van der Waals surface area contributed by atoms with Crippen LogP contribution in [0.5, 0.6) is 0 Å². The number of thiazole rings is 1. The number of oxazole rings is 1. The fourth-order valence-corrected chi connectivity index (χ4v) is 9.05. The Labute approximate surface area is 340 Å². The average molecular weight is 797 g/mol. The van der Waals surface area contributed by atoms with Crippen LogP contribution >= 0.6 is 11.3 Å². The summed E-state index contributed by atoms with van der Waals surface area (Å²) < 4.78 is 5.39. The van der Waals surface area contributed by atoms with Crippen molar-refractivity contribution in [3.8, 4) is 22.4 Å². The summed E-state index contributed by atoms with van der Waals surface area (Å²) >= 11 is 1.51. The summed E-state index contributed by atoms with van der Waals surface area (Å²) in [4.78, 5) is 57.1. The van der Waals surface area contributed by atoms with Gasteiger partial charge in [-0.1, -0.05) is 58.0 Å². The molecule has 7 aromatic rings. The first kappa shape index (κ1) is 37.6. The molecule has 0 bridgehead atoms. The number of anilines is 2. The van der Waals surface area contributed by atoms with E-state index >= 15 is 0 Å². The van der Waals surface area contributed by atoms with Crippen molar-refractivity contribution in [2.75, 3.05) is 23.7 Å². The highest BCUT2D eigenvalue weighted by molar-refractivity contribution is 7.13. The molecule has 4 atom stereocenters. The molecule has 2 amide bonds. The molecule has 2 saturated heterocycles. The van der Waals surface area contributed by atoms with Crippen LogP contribution in [0.1, 0.15) is 77.1 Å². The first-order chi connectivity index (χ1) is 28.2. The van der Waals surface area contributed by atoms with Crippen molar-refractivity contribution in [2.45, 2.75) is 77.5 Å². The normalized spacial score (nSPS) is 18.2. The van der Waals surface area contributed by atoms with Gasteiger partial charge in [0.25, 0.3) is 6.01 Å². The van der Waals surface area contributed by atoms with Gasteiger partial charge in [-0.2, -0.15) is 0 Å². The molecule has 14 heteroatoms. The second-order valence-corrected chi connectivity index (χ2v) is 17.0. The van der Waals surface area contributed by atoms with Gasteiger partial charge >= 0.3 is 0 Å². The Hall–Kier alpha value is -6.02. The summed E-state index contributed by atoms with van der Waals surface area (Å²) in [6, 6.07) is 18.6. The van der Waals surface area contributed by atoms with Crippen molar-refractivity contribution in [3.63, 3.8) is 0 Å². The highest BCUT2D eigenvalue weighted by Crippen LogP contribution is 2.36. The quantitative estimate of drug-likeness (QED) is 0.0947. The van der Waals surface area contributed by atoms with E-state index in [0.29, 0.717) is 19.1 Å². The molecule has 2 aliphatic rings. The van der Waals surface area contributed by atoms with Gasteiger partial charge < -0.3 is 34.8 Å². The minimum absolute atomic E-state index is 0.0194. The summed E-state index contributed by atoms with van der Waals surface area (Å²) in [5.41, 5.74) is 5.98. The van der Waals surface area contributed by atoms with Crippen molar-refractivity contribution in [1.82, 2.24) is 39.7 Å². The van der Waals surface area contributed by atoms with Crippen LogP contribution in [-0.4, -0.2) is 76.7 Å². The van der Waals surface area contributed by atoms with E-state index in [2.05, 4.69) is 99.0 Å². The third kappa shape index (κ3) is 7.32.